The first-order valence-electron chi connectivity index (χ1n) is 12.2. The molecule has 4 aromatic rings. The van der Waals surface area contributed by atoms with Crippen molar-refractivity contribution < 1.29 is 9.53 Å². The summed E-state index contributed by atoms with van der Waals surface area (Å²) in [5.41, 5.74) is 4.63. The van der Waals surface area contributed by atoms with Crippen molar-refractivity contribution >= 4 is 40.3 Å². The number of aromatic nitrogens is 2. The van der Waals surface area contributed by atoms with Gasteiger partial charge in [-0.1, -0.05) is 79.4 Å². The molecule has 0 spiro atoms. The number of carbonyl (C=O) groups is 1. The zero-order valence-corrected chi connectivity index (χ0v) is 22.3. The minimum atomic E-state index is -0.0487. The van der Waals surface area contributed by atoms with Crippen LogP contribution in [0.2, 0.25) is 0 Å². The highest BCUT2D eigenvalue weighted by atomic mass is 32.2. The monoisotopic (exact) mass is 525 g/mol. The van der Waals surface area contributed by atoms with Crippen LogP contribution >= 0.6 is 24.0 Å². The molecule has 37 heavy (non-hydrogen) atoms. The molecule has 0 radical (unpaired) electrons. The smallest absolute Gasteiger partial charge is 0.266 e. The molecule has 2 heterocycles. The molecule has 7 heteroatoms. The predicted molar refractivity (Wildman–Crippen MR) is 155 cm³/mol. The number of nitrogens with zero attached hydrogens (tertiary/aromatic N) is 3. The Balaban J connectivity index is 1.46. The first kappa shape index (κ1) is 25.0. The molecule has 186 valence electrons. The maximum absolute atomic E-state index is 13.2. The topological polar surface area (TPSA) is 47.4 Å². The molecule has 1 aromatic heterocycles. The van der Waals surface area contributed by atoms with E-state index < -0.39 is 0 Å². The Morgan fingerprint density at radius 2 is 1.68 bits per heavy atom. The quantitative estimate of drug-likeness (QED) is 0.181. The van der Waals surface area contributed by atoms with Gasteiger partial charge in [0.15, 0.2) is 0 Å². The molecule has 1 aliphatic rings. The Labute approximate surface area is 226 Å². The van der Waals surface area contributed by atoms with E-state index in [1.54, 1.807) is 4.90 Å². The number of hydrogen-bond donors (Lipinski definition) is 0. The van der Waals surface area contributed by atoms with Crippen molar-refractivity contribution in [1.82, 2.24) is 14.7 Å². The van der Waals surface area contributed by atoms with E-state index in [9.17, 15) is 4.79 Å². The van der Waals surface area contributed by atoms with Crippen LogP contribution in [0.15, 0.2) is 96.0 Å². The molecule has 1 fully saturated rings. The predicted octanol–water partition coefficient (Wildman–Crippen LogP) is 7.12. The molecule has 3 aromatic carbocycles. The molecule has 1 unspecified atom stereocenters. The van der Waals surface area contributed by atoms with Gasteiger partial charge in [-0.25, -0.2) is 4.68 Å². The molecule has 1 amide bonds. The van der Waals surface area contributed by atoms with E-state index >= 15 is 0 Å². The largest absolute Gasteiger partial charge is 0.489 e. The van der Waals surface area contributed by atoms with Gasteiger partial charge in [-0.15, -0.1) is 0 Å². The lowest BCUT2D eigenvalue weighted by Crippen LogP contribution is -2.36. The van der Waals surface area contributed by atoms with Crippen molar-refractivity contribution in [3.63, 3.8) is 0 Å². The number of thioether (sulfide) groups is 1. The lowest BCUT2D eigenvalue weighted by molar-refractivity contribution is -0.123. The number of amides is 1. The lowest BCUT2D eigenvalue weighted by Gasteiger charge is -2.21. The fourth-order valence-corrected chi connectivity index (χ4v) is 5.52. The van der Waals surface area contributed by atoms with Crippen LogP contribution in [0, 0.1) is 0 Å². The molecule has 1 aliphatic heterocycles. The van der Waals surface area contributed by atoms with Crippen molar-refractivity contribution in [3.05, 3.63) is 107 Å². The van der Waals surface area contributed by atoms with Crippen LogP contribution in [0.1, 0.15) is 31.4 Å². The average Bonchev–Trinajstić information content (AvgIpc) is 3.48. The second-order valence-electron chi connectivity index (χ2n) is 8.82. The van der Waals surface area contributed by atoms with E-state index in [0.717, 1.165) is 40.2 Å². The van der Waals surface area contributed by atoms with Gasteiger partial charge < -0.3 is 4.74 Å². The van der Waals surface area contributed by atoms with Gasteiger partial charge in [0.1, 0.15) is 16.7 Å². The third kappa shape index (κ3) is 5.53. The van der Waals surface area contributed by atoms with Gasteiger partial charge in [0.2, 0.25) is 0 Å². The molecule has 0 bridgehead atoms. The number of carbonyl (C=O) groups excluding carboxylic acids is 1. The van der Waals surface area contributed by atoms with Crippen molar-refractivity contribution in [2.45, 2.75) is 32.9 Å². The third-order valence-corrected chi connectivity index (χ3v) is 7.61. The third-order valence-electron chi connectivity index (χ3n) is 6.28. The van der Waals surface area contributed by atoms with Crippen LogP contribution in [-0.2, 0) is 11.4 Å². The van der Waals surface area contributed by atoms with Gasteiger partial charge in [0, 0.05) is 23.4 Å². The summed E-state index contributed by atoms with van der Waals surface area (Å²) in [6, 6.07) is 28.0. The zero-order chi connectivity index (χ0) is 25.8. The molecular formula is C30H27N3O2S2. The van der Waals surface area contributed by atoms with Crippen molar-refractivity contribution in [2.75, 3.05) is 0 Å². The second kappa shape index (κ2) is 11.2. The highest BCUT2D eigenvalue weighted by Crippen LogP contribution is 2.36. The summed E-state index contributed by atoms with van der Waals surface area (Å²) in [6.07, 6.45) is 4.71. The standard InChI is InChI=1S/C30H27N3O2S2/c1-3-21(2)33-29(34)27(37-30(33)36)18-24-19-32(25-12-8-5-9-13-25)31-28(24)23-14-16-26(17-15-23)35-20-22-10-6-4-7-11-22/h4-19,21H,3,20H2,1-2H3/b27-18-. The van der Waals surface area contributed by atoms with Crippen LogP contribution in [0.5, 0.6) is 5.75 Å². The molecule has 0 N–H and O–H groups in total. The Hall–Kier alpha value is -3.68. The molecule has 1 saturated heterocycles. The van der Waals surface area contributed by atoms with E-state index in [1.807, 2.05) is 109 Å². The molecule has 1 atom stereocenters. The average molecular weight is 526 g/mol. The number of para-hydroxylation sites is 1. The first-order valence-corrected chi connectivity index (χ1v) is 13.4. The van der Waals surface area contributed by atoms with Gasteiger partial charge >= 0.3 is 0 Å². The van der Waals surface area contributed by atoms with E-state index in [2.05, 4.69) is 6.92 Å². The molecule has 5 nitrogen and oxygen atoms in total. The fraction of sp³-hybridized carbons (Fsp3) is 0.167. The minimum absolute atomic E-state index is 0.0487. The minimum Gasteiger partial charge on any atom is -0.489 e. The van der Waals surface area contributed by atoms with Gasteiger partial charge in [0.25, 0.3) is 5.91 Å². The van der Waals surface area contributed by atoms with Gasteiger partial charge in [0.05, 0.1) is 16.3 Å². The van der Waals surface area contributed by atoms with Gasteiger partial charge in [-0.05, 0) is 61.4 Å². The fourth-order valence-electron chi connectivity index (χ4n) is 4.06. The second-order valence-corrected chi connectivity index (χ2v) is 10.5. The van der Waals surface area contributed by atoms with Crippen molar-refractivity contribution in [2.24, 2.45) is 0 Å². The first-order chi connectivity index (χ1) is 18.0. The zero-order valence-electron chi connectivity index (χ0n) is 20.7. The molecule has 5 rings (SSSR count). The summed E-state index contributed by atoms with van der Waals surface area (Å²) in [4.78, 5) is 15.5. The maximum Gasteiger partial charge on any atom is 0.266 e. The normalized spacial score (nSPS) is 15.4. The Morgan fingerprint density at radius 3 is 2.35 bits per heavy atom. The number of benzene rings is 3. The maximum atomic E-state index is 13.2. The number of ether oxygens (including phenoxy) is 1. The summed E-state index contributed by atoms with van der Waals surface area (Å²) in [7, 11) is 0. The highest BCUT2D eigenvalue weighted by molar-refractivity contribution is 8.26. The lowest BCUT2D eigenvalue weighted by atomic mass is 10.1. The van der Waals surface area contributed by atoms with E-state index in [-0.39, 0.29) is 11.9 Å². The van der Waals surface area contributed by atoms with Crippen LogP contribution in [-0.4, -0.2) is 30.9 Å². The Bertz CT molecular complexity index is 1430. The molecular weight excluding hydrogens is 498 g/mol. The number of thiocarbonyl (C=S) groups is 1. The SMILES string of the molecule is CCC(C)N1C(=O)/C(=C/c2cn(-c3ccccc3)nc2-c2ccc(OCc3ccccc3)cc2)SC1=S. The summed E-state index contributed by atoms with van der Waals surface area (Å²) in [5, 5.41) is 4.89. The van der Waals surface area contributed by atoms with E-state index in [4.69, 9.17) is 22.1 Å². The van der Waals surface area contributed by atoms with Crippen LogP contribution in [0.25, 0.3) is 23.0 Å². The molecule has 0 aliphatic carbocycles. The summed E-state index contributed by atoms with van der Waals surface area (Å²) in [6.45, 7) is 4.59. The summed E-state index contributed by atoms with van der Waals surface area (Å²) < 4.78 is 8.40. The van der Waals surface area contributed by atoms with Crippen molar-refractivity contribution in [3.8, 4) is 22.7 Å². The van der Waals surface area contributed by atoms with Gasteiger partial charge in [-0.3, -0.25) is 9.69 Å². The Kier molecular flexibility index (Phi) is 7.53. The van der Waals surface area contributed by atoms with Crippen LogP contribution < -0.4 is 4.74 Å². The van der Waals surface area contributed by atoms with E-state index in [1.165, 1.54) is 11.8 Å². The number of rotatable bonds is 8. The van der Waals surface area contributed by atoms with Gasteiger partial charge in [-0.2, -0.15) is 5.10 Å². The summed E-state index contributed by atoms with van der Waals surface area (Å²) >= 11 is 6.88. The van der Waals surface area contributed by atoms with Crippen LogP contribution in [0.3, 0.4) is 0 Å². The number of hydrogen-bond acceptors (Lipinski definition) is 5. The van der Waals surface area contributed by atoms with Crippen LogP contribution in [0.4, 0.5) is 0 Å². The summed E-state index contributed by atoms with van der Waals surface area (Å²) in [5.74, 6) is 0.735. The van der Waals surface area contributed by atoms with E-state index in [0.29, 0.717) is 15.8 Å². The van der Waals surface area contributed by atoms with Crippen molar-refractivity contribution in [1.29, 1.82) is 0 Å². The highest BCUT2D eigenvalue weighted by Gasteiger charge is 2.35. The molecule has 0 saturated carbocycles. The Morgan fingerprint density at radius 1 is 1.00 bits per heavy atom.